The Bertz CT molecular complexity index is 1460. The molecule has 0 spiro atoms. The second-order valence-corrected chi connectivity index (χ2v) is 13.0. The largest absolute Gasteiger partial charge is 0.352 e. The normalized spacial score (nSPS) is 14.4. The van der Waals surface area contributed by atoms with E-state index in [1.54, 1.807) is 49.4 Å². The summed E-state index contributed by atoms with van der Waals surface area (Å²) in [7, 11) is -4.14. The molecule has 0 aromatic heterocycles. The number of amides is 2. The molecule has 3 aromatic rings. The monoisotopic (exact) mass is 595 g/mol. The first-order valence-corrected chi connectivity index (χ1v) is 15.9. The molecule has 7 nitrogen and oxygen atoms in total. The molecule has 3 aromatic carbocycles. The van der Waals surface area contributed by atoms with Crippen LogP contribution in [0.3, 0.4) is 0 Å². The number of nitrogens with one attached hydrogen (secondary N) is 1. The number of halogens is 1. The van der Waals surface area contributed by atoms with Gasteiger partial charge in [0, 0.05) is 17.6 Å². The summed E-state index contributed by atoms with van der Waals surface area (Å²) >= 11 is 6.19. The molecule has 0 unspecified atom stereocenters. The van der Waals surface area contributed by atoms with Crippen LogP contribution in [0, 0.1) is 13.8 Å². The van der Waals surface area contributed by atoms with Crippen LogP contribution in [0.4, 0.5) is 5.69 Å². The summed E-state index contributed by atoms with van der Waals surface area (Å²) in [6.45, 7) is 5.21. The molecule has 1 saturated carbocycles. The van der Waals surface area contributed by atoms with Gasteiger partial charge in [-0.25, -0.2) is 8.42 Å². The maximum Gasteiger partial charge on any atom is 0.264 e. The second kappa shape index (κ2) is 13.5. The maximum atomic E-state index is 14.2. The van der Waals surface area contributed by atoms with Crippen molar-refractivity contribution in [1.29, 1.82) is 0 Å². The Balaban J connectivity index is 1.73. The highest BCUT2D eigenvalue weighted by molar-refractivity contribution is 7.92. The minimum atomic E-state index is -4.14. The van der Waals surface area contributed by atoms with E-state index in [2.05, 4.69) is 5.32 Å². The highest BCUT2D eigenvalue weighted by Gasteiger charge is 2.35. The first-order chi connectivity index (χ1) is 19.6. The second-order valence-electron chi connectivity index (χ2n) is 10.7. The van der Waals surface area contributed by atoms with E-state index in [-0.39, 0.29) is 23.4 Å². The number of nitrogens with zero attached hydrogens (tertiary/aromatic N) is 2. The molecule has 0 heterocycles. The van der Waals surface area contributed by atoms with Crippen molar-refractivity contribution in [2.75, 3.05) is 10.8 Å². The van der Waals surface area contributed by atoms with Gasteiger partial charge in [-0.3, -0.25) is 13.9 Å². The van der Waals surface area contributed by atoms with Crippen molar-refractivity contribution in [3.05, 3.63) is 94.5 Å². The molecule has 218 valence electrons. The average molecular weight is 596 g/mol. The van der Waals surface area contributed by atoms with Gasteiger partial charge < -0.3 is 10.2 Å². The van der Waals surface area contributed by atoms with E-state index in [4.69, 9.17) is 11.6 Å². The molecule has 1 atom stereocenters. The summed E-state index contributed by atoms with van der Waals surface area (Å²) in [5.41, 5.74) is 2.74. The SMILES string of the molecule is CC[C@@H](C(=O)NC1CCCC1)N(Cc1ccccc1)C(=O)CN(c1ccc(Cl)cc1C)S(=O)(=O)c1ccc(C)cc1. The van der Waals surface area contributed by atoms with Crippen LogP contribution in [0.5, 0.6) is 0 Å². The first kappa shape index (κ1) is 30.6. The minimum absolute atomic E-state index is 0.0749. The Morgan fingerprint density at radius 3 is 2.24 bits per heavy atom. The molecule has 1 aliphatic carbocycles. The summed E-state index contributed by atoms with van der Waals surface area (Å²) in [4.78, 5) is 29.3. The summed E-state index contributed by atoms with van der Waals surface area (Å²) in [6.07, 6.45) is 4.38. The van der Waals surface area contributed by atoms with Gasteiger partial charge in [-0.15, -0.1) is 0 Å². The molecule has 4 rings (SSSR count). The zero-order chi connectivity index (χ0) is 29.6. The van der Waals surface area contributed by atoms with Gasteiger partial charge in [0.1, 0.15) is 12.6 Å². The summed E-state index contributed by atoms with van der Waals surface area (Å²) in [5.74, 6) is -0.674. The third-order valence-electron chi connectivity index (χ3n) is 7.60. The number of benzene rings is 3. The molecule has 0 aliphatic heterocycles. The van der Waals surface area contributed by atoms with Gasteiger partial charge in [-0.05, 0) is 74.6 Å². The standard InChI is InChI=1S/C32H38ClN3O4S/c1-4-29(32(38)34-27-12-8-9-13-27)35(21-25-10-6-5-7-11-25)31(37)22-36(30-19-16-26(33)20-24(30)3)41(39,40)28-17-14-23(2)15-18-28/h5-7,10-11,14-20,27,29H,4,8-9,12-13,21-22H2,1-3H3,(H,34,38)/t29-/m0/s1. The Hall–Kier alpha value is -3.36. The van der Waals surface area contributed by atoms with E-state index in [9.17, 15) is 18.0 Å². The number of aryl methyl sites for hydroxylation is 2. The topological polar surface area (TPSA) is 86.8 Å². The van der Waals surface area contributed by atoms with Crippen LogP contribution in [0.15, 0.2) is 77.7 Å². The molecule has 1 N–H and O–H groups in total. The third kappa shape index (κ3) is 7.49. The number of carbonyl (C=O) groups is 2. The quantitative estimate of drug-likeness (QED) is 0.294. The molecule has 0 bridgehead atoms. The maximum absolute atomic E-state index is 14.2. The van der Waals surface area contributed by atoms with Crippen molar-refractivity contribution < 1.29 is 18.0 Å². The fourth-order valence-corrected chi connectivity index (χ4v) is 7.02. The van der Waals surface area contributed by atoms with Crippen molar-refractivity contribution >= 4 is 39.1 Å². The smallest absolute Gasteiger partial charge is 0.264 e. The van der Waals surface area contributed by atoms with Gasteiger partial charge in [-0.1, -0.05) is 79.4 Å². The van der Waals surface area contributed by atoms with Crippen LogP contribution in [-0.4, -0.2) is 43.8 Å². The van der Waals surface area contributed by atoms with Crippen LogP contribution in [0.1, 0.15) is 55.7 Å². The lowest BCUT2D eigenvalue weighted by molar-refractivity contribution is -0.140. The Morgan fingerprint density at radius 2 is 1.63 bits per heavy atom. The predicted octanol–water partition coefficient (Wildman–Crippen LogP) is 6.02. The van der Waals surface area contributed by atoms with Gasteiger partial charge in [0.15, 0.2) is 0 Å². The lowest BCUT2D eigenvalue weighted by atomic mass is 10.1. The van der Waals surface area contributed by atoms with Crippen molar-refractivity contribution in [3.63, 3.8) is 0 Å². The van der Waals surface area contributed by atoms with E-state index in [0.717, 1.165) is 41.1 Å². The van der Waals surface area contributed by atoms with Crippen molar-refractivity contribution in [3.8, 4) is 0 Å². The predicted molar refractivity (Wildman–Crippen MR) is 163 cm³/mol. The summed E-state index contributed by atoms with van der Waals surface area (Å²) in [6, 6.07) is 20.2. The summed E-state index contributed by atoms with van der Waals surface area (Å²) in [5, 5.41) is 3.60. The van der Waals surface area contributed by atoms with Crippen molar-refractivity contribution in [2.24, 2.45) is 0 Å². The lowest BCUT2D eigenvalue weighted by Crippen LogP contribution is -2.53. The molecule has 9 heteroatoms. The fraction of sp³-hybridized carbons (Fsp3) is 0.375. The number of hydrogen-bond donors (Lipinski definition) is 1. The molecule has 2 amide bonds. The Kier molecular flexibility index (Phi) is 10.1. The van der Waals surface area contributed by atoms with Gasteiger partial charge in [-0.2, -0.15) is 0 Å². The van der Waals surface area contributed by atoms with Crippen LogP contribution < -0.4 is 9.62 Å². The van der Waals surface area contributed by atoms with Crippen LogP contribution in [-0.2, 0) is 26.2 Å². The zero-order valence-corrected chi connectivity index (χ0v) is 25.4. The van der Waals surface area contributed by atoms with E-state index in [0.29, 0.717) is 22.7 Å². The van der Waals surface area contributed by atoms with Crippen LogP contribution in [0.25, 0.3) is 0 Å². The number of carbonyl (C=O) groups excluding carboxylic acids is 2. The molecular formula is C32H38ClN3O4S. The molecule has 1 aliphatic rings. The Labute approximate surface area is 248 Å². The number of hydrogen-bond acceptors (Lipinski definition) is 4. The molecule has 41 heavy (non-hydrogen) atoms. The average Bonchev–Trinajstić information content (AvgIpc) is 3.45. The van der Waals surface area contributed by atoms with Gasteiger partial charge in [0.2, 0.25) is 11.8 Å². The lowest BCUT2D eigenvalue weighted by Gasteiger charge is -2.34. The van der Waals surface area contributed by atoms with Gasteiger partial charge in [0.25, 0.3) is 10.0 Å². The van der Waals surface area contributed by atoms with Crippen LogP contribution >= 0.6 is 11.6 Å². The van der Waals surface area contributed by atoms with E-state index >= 15 is 0 Å². The number of rotatable bonds is 11. The van der Waals surface area contributed by atoms with Gasteiger partial charge >= 0.3 is 0 Å². The van der Waals surface area contributed by atoms with E-state index < -0.39 is 28.5 Å². The molecular weight excluding hydrogens is 558 g/mol. The Morgan fingerprint density at radius 1 is 0.976 bits per heavy atom. The molecule has 1 fully saturated rings. The van der Waals surface area contributed by atoms with E-state index in [1.165, 1.54) is 4.90 Å². The van der Waals surface area contributed by atoms with Crippen LogP contribution in [0.2, 0.25) is 5.02 Å². The highest BCUT2D eigenvalue weighted by Crippen LogP contribution is 2.30. The minimum Gasteiger partial charge on any atom is -0.352 e. The molecule has 0 saturated heterocycles. The highest BCUT2D eigenvalue weighted by atomic mass is 35.5. The molecule has 0 radical (unpaired) electrons. The fourth-order valence-electron chi connectivity index (χ4n) is 5.32. The third-order valence-corrected chi connectivity index (χ3v) is 9.61. The van der Waals surface area contributed by atoms with Gasteiger partial charge in [0.05, 0.1) is 10.6 Å². The van der Waals surface area contributed by atoms with Crippen molar-refractivity contribution in [1.82, 2.24) is 10.2 Å². The van der Waals surface area contributed by atoms with Crippen molar-refractivity contribution in [2.45, 2.75) is 76.4 Å². The zero-order valence-electron chi connectivity index (χ0n) is 23.8. The van der Waals surface area contributed by atoms with E-state index in [1.807, 2.05) is 44.2 Å². The number of sulfonamides is 1. The first-order valence-electron chi connectivity index (χ1n) is 14.1. The summed E-state index contributed by atoms with van der Waals surface area (Å²) < 4.78 is 29.2. The number of anilines is 1.